The predicted molar refractivity (Wildman–Crippen MR) is 98.0 cm³/mol. The standard InChI is InChI=1S/C19H28N6O2/c26-18-3-1-2-17-14-8-13(10-24(17)18)9-23(11-14)19(27)16-12-25(22-21-16)15-4-6-20-7-5-15/h12-15,17,20H,1-11H2/t13-,14-,17+/m1/s1. The molecule has 0 radical (unpaired) electrons. The molecule has 0 aliphatic carbocycles. The molecule has 1 aromatic rings. The van der Waals surface area contributed by atoms with E-state index < -0.39 is 0 Å². The molecule has 4 saturated heterocycles. The van der Waals surface area contributed by atoms with Gasteiger partial charge in [-0.3, -0.25) is 9.59 Å². The lowest BCUT2D eigenvalue weighted by atomic mass is 9.76. The Balaban J connectivity index is 1.29. The molecule has 4 aliphatic heterocycles. The van der Waals surface area contributed by atoms with Crippen LogP contribution in [0, 0.1) is 11.8 Å². The lowest BCUT2D eigenvalue weighted by Gasteiger charge is -2.52. The molecule has 1 N–H and O–H groups in total. The highest BCUT2D eigenvalue weighted by Gasteiger charge is 2.45. The highest BCUT2D eigenvalue weighted by Crippen LogP contribution is 2.38. The van der Waals surface area contributed by atoms with E-state index >= 15 is 0 Å². The Kier molecular flexibility index (Phi) is 4.38. The number of likely N-dealkylation sites (tertiary alicyclic amines) is 1. The monoisotopic (exact) mass is 372 g/mol. The second-order valence-corrected chi connectivity index (χ2v) is 8.64. The number of fused-ring (bicyclic) bond motifs is 4. The Hall–Kier alpha value is -1.96. The van der Waals surface area contributed by atoms with E-state index in [1.807, 2.05) is 15.8 Å². The van der Waals surface area contributed by atoms with E-state index in [-0.39, 0.29) is 5.91 Å². The van der Waals surface area contributed by atoms with Crippen LogP contribution in [-0.4, -0.2) is 75.4 Å². The molecule has 4 aliphatic rings. The minimum Gasteiger partial charge on any atom is -0.339 e. The van der Waals surface area contributed by atoms with E-state index in [0.717, 1.165) is 64.8 Å². The van der Waals surface area contributed by atoms with Gasteiger partial charge in [-0.2, -0.15) is 0 Å². The highest BCUT2D eigenvalue weighted by molar-refractivity contribution is 5.92. The molecule has 8 nitrogen and oxygen atoms in total. The number of nitrogens with zero attached hydrogens (tertiary/aromatic N) is 5. The molecule has 0 aromatic carbocycles. The van der Waals surface area contributed by atoms with Gasteiger partial charge < -0.3 is 15.1 Å². The van der Waals surface area contributed by atoms with Gasteiger partial charge in [-0.25, -0.2) is 4.68 Å². The fourth-order valence-electron chi connectivity index (χ4n) is 5.56. The first-order valence-electron chi connectivity index (χ1n) is 10.4. The van der Waals surface area contributed by atoms with Crippen LogP contribution in [-0.2, 0) is 4.79 Å². The molecule has 8 heteroatoms. The number of carbonyl (C=O) groups is 2. The van der Waals surface area contributed by atoms with E-state index in [1.165, 1.54) is 0 Å². The Morgan fingerprint density at radius 3 is 2.85 bits per heavy atom. The van der Waals surface area contributed by atoms with Crippen molar-refractivity contribution < 1.29 is 9.59 Å². The van der Waals surface area contributed by atoms with Crippen molar-refractivity contribution in [3.05, 3.63) is 11.9 Å². The first-order chi connectivity index (χ1) is 13.2. The van der Waals surface area contributed by atoms with Crippen LogP contribution in [0.15, 0.2) is 6.20 Å². The molecular formula is C19H28N6O2. The summed E-state index contributed by atoms with van der Waals surface area (Å²) in [5.74, 6) is 1.11. The molecule has 1 aromatic heterocycles. The van der Waals surface area contributed by atoms with Crippen molar-refractivity contribution in [3.8, 4) is 0 Å². The van der Waals surface area contributed by atoms with Crippen LogP contribution in [0.1, 0.15) is 55.1 Å². The van der Waals surface area contributed by atoms with E-state index in [9.17, 15) is 9.59 Å². The topological polar surface area (TPSA) is 83.4 Å². The summed E-state index contributed by atoms with van der Waals surface area (Å²) >= 11 is 0. The first-order valence-corrected chi connectivity index (χ1v) is 10.4. The summed E-state index contributed by atoms with van der Waals surface area (Å²) in [6, 6.07) is 0.659. The number of nitrogens with one attached hydrogen (secondary N) is 1. The Bertz CT molecular complexity index is 728. The summed E-state index contributed by atoms with van der Waals surface area (Å²) in [4.78, 5) is 29.4. The van der Waals surface area contributed by atoms with Crippen molar-refractivity contribution in [2.45, 2.75) is 50.6 Å². The molecule has 146 valence electrons. The van der Waals surface area contributed by atoms with E-state index in [1.54, 1.807) is 0 Å². The summed E-state index contributed by atoms with van der Waals surface area (Å²) < 4.78 is 1.88. The molecule has 5 rings (SSSR count). The van der Waals surface area contributed by atoms with Gasteiger partial charge in [0.05, 0.1) is 12.2 Å². The lowest BCUT2D eigenvalue weighted by molar-refractivity contribution is -0.144. The van der Waals surface area contributed by atoms with Crippen molar-refractivity contribution >= 4 is 11.8 Å². The largest absolute Gasteiger partial charge is 0.339 e. The van der Waals surface area contributed by atoms with Gasteiger partial charge in [-0.15, -0.1) is 5.10 Å². The summed E-state index contributed by atoms with van der Waals surface area (Å²) in [7, 11) is 0. The van der Waals surface area contributed by atoms with Crippen LogP contribution in [0.25, 0.3) is 0 Å². The molecule has 0 saturated carbocycles. The molecule has 0 unspecified atom stereocenters. The van der Waals surface area contributed by atoms with Gasteiger partial charge in [0.1, 0.15) is 0 Å². The van der Waals surface area contributed by atoms with Crippen molar-refractivity contribution in [1.29, 1.82) is 0 Å². The van der Waals surface area contributed by atoms with Gasteiger partial charge >= 0.3 is 0 Å². The fourth-order valence-corrected chi connectivity index (χ4v) is 5.56. The maximum Gasteiger partial charge on any atom is 0.276 e. The van der Waals surface area contributed by atoms with Gasteiger partial charge in [-0.05, 0) is 57.0 Å². The third kappa shape index (κ3) is 3.13. The van der Waals surface area contributed by atoms with Gasteiger partial charge in [0.15, 0.2) is 5.69 Å². The lowest BCUT2D eigenvalue weighted by Crippen LogP contribution is -2.61. The third-order valence-corrected chi connectivity index (χ3v) is 6.88. The van der Waals surface area contributed by atoms with Crippen LogP contribution in [0.2, 0.25) is 0 Å². The fraction of sp³-hybridized carbons (Fsp3) is 0.789. The van der Waals surface area contributed by atoms with Crippen LogP contribution >= 0.6 is 0 Å². The minimum atomic E-state index is 0.000436. The summed E-state index contributed by atoms with van der Waals surface area (Å²) in [5, 5.41) is 11.8. The predicted octanol–water partition coefficient (Wildman–Crippen LogP) is 0.676. The Labute approximate surface area is 159 Å². The van der Waals surface area contributed by atoms with Crippen LogP contribution in [0.3, 0.4) is 0 Å². The summed E-state index contributed by atoms with van der Waals surface area (Å²) in [6.45, 7) is 4.25. The average molecular weight is 372 g/mol. The first kappa shape index (κ1) is 17.2. The SMILES string of the molecule is O=C(c1cn(C2CCNCC2)nn1)N1C[C@H]2C[C@H](C1)[C@@H]1CCCC(=O)N1C2. The molecular weight excluding hydrogens is 344 g/mol. The number of rotatable bonds is 2. The van der Waals surface area contributed by atoms with Gasteiger partial charge in [-0.1, -0.05) is 5.21 Å². The number of amides is 2. The third-order valence-electron chi connectivity index (χ3n) is 6.88. The second kappa shape index (κ2) is 6.89. The summed E-state index contributed by atoms with van der Waals surface area (Å²) in [6.07, 6.45) is 7.78. The Morgan fingerprint density at radius 2 is 2.00 bits per heavy atom. The number of hydrogen-bond acceptors (Lipinski definition) is 5. The number of hydrogen-bond donors (Lipinski definition) is 1. The van der Waals surface area contributed by atoms with Gasteiger partial charge in [0.2, 0.25) is 5.91 Å². The van der Waals surface area contributed by atoms with E-state index in [4.69, 9.17) is 0 Å². The molecule has 0 spiro atoms. The molecule has 2 bridgehead atoms. The summed E-state index contributed by atoms with van der Waals surface area (Å²) in [5.41, 5.74) is 0.463. The minimum absolute atomic E-state index is 0.000436. The van der Waals surface area contributed by atoms with Crippen molar-refractivity contribution in [2.75, 3.05) is 32.7 Å². The molecule has 2 amide bonds. The maximum atomic E-state index is 13.1. The quantitative estimate of drug-likeness (QED) is 0.825. The van der Waals surface area contributed by atoms with Crippen molar-refractivity contribution in [1.82, 2.24) is 30.1 Å². The van der Waals surface area contributed by atoms with Crippen molar-refractivity contribution in [3.63, 3.8) is 0 Å². The number of carbonyl (C=O) groups excluding carboxylic acids is 2. The van der Waals surface area contributed by atoms with Crippen LogP contribution in [0.4, 0.5) is 0 Å². The second-order valence-electron chi connectivity index (χ2n) is 8.64. The average Bonchev–Trinajstić information content (AvgIpc) is 3.19. The zero-order valence-corrected chi connectivity index (χ0v) is 15.7. The zero-order chi connectivity index (χ0) is 18.4. The molecule has 5 heterocycles. The van der Waals surface area contributed by atoms with E-state index in [0.29, 0.717) is 41.9 Å². The zero-order valence-electron chi connectivity index (χ0n) is 15.7. The normalized spacial score (nSPS) is 31.7. The smallest absolute Gasteiger partial charge is 0.276 e. The number of aromatic nitrogens is 3. The van der Waals surface area contributed by atoms with Crippen molar-refractivity contribution in [2.24, 2.45) is 11.8 Å². The number of piperidine rings is 4. The molecule has 3 atom stereocenters. The highest BCUT2D eigenvalue weighted by atomic mass is 16.2. The van der Waals surface area contributed by atoms with Crippen LogP contribution in [0.5, 0.6) is 0 Å². The van der Waals surface area contributed by atoms with E-state index in [2.05, 4.69) is 20.5 Å². The molecule has 4 fully saturated rings. The van der Waals surface area contributed by atoms with Crippen LogP contribution < -0.4 is 5.32 Å². The van der Waals surface area contributed by atoms with Gasteiger partial charge in [0.25, 0.3) is 5.91 Å². The van der Waals surface area contributed by atoms with Gasteiger partial charge in [0, 0.05) is 32.1 Å². The maximum absolute atomic E-state index is 13.1. The Morgan fingerprint density at radius 1 is 1.15 bits per heavy atom. The molecule has 27 heavy (non-hydrogen) atoms.